The maximum absolute atomic E-state index is 13.0. The summed E-state index contributed by atoms with van der Waals surface area (Å²) in [5.41, 5.74) is 0.526. The number of hydrogen-bond donors (Lipinski definition) is 2. The van der Waals surface area contributed by atoms with Gasteiger partial charge in [-0.3, -0.25) is 9.48 Å². The molecule has 1 saturated heterocycles. The number of carbonyl (C=O) groups is 1. The third-order valence-electron chi connectivity index (χ3n) is 4.44. The molecule has 0 aliphatic carbocycles. The highest BCUT2D eigenvalue weighted by Crippen LogP contribution is 2.28. The van der Waals surface area contributed by atoms with E-state index in [9.17, 15) is 4.79 Å². The Bertz CT molecular complexity index is 603. The Labute approximate surface area is 130 Å². The van der Waals surface area contributed by atoms with E-state index in [0.717, 1.165) is 31.5 Å². The fourth-order valence-electron chi connectivity index (χ4n) is 3.08. The van der Waals surface area contributed by atoms with Gasteiger partial charge in [0.2, 0.25) is 5.91 Å². The second-order valence-corrected chi connectivity index (χ2v) is 5.84. The summed E-state index contributed by atoms with van der Waals surface area (Å²) in [7, 11) is 0. The van der Waals surface area contributed by atoms with Gasteiger partial charge in [-0.2, -0.15) is 5.10 Å². The highest BCUT2D eigenvalue weighted by Gasteiger charge is 2.42. The monoisotopic (exact) mass is 298 g/mol. The molecule has 1 aromatic carbocycles. The van der Waals surface area contributed by atoms with Gasteiger partial charge < -0.3 is 10.6 Å². The average Bonchev–Trinajstić information content (AvgIpc) is 3.11. The number of nitrogens with zero attached hydrogens (tertiary/aromatic N) is 2. The summed E-state index contributed by atoms with van der Waals surface area (Å²) in [6.45, 7) is 3.67. The lowest BCUT2D eigenvalue weighted by atomic mass is 9.87. The summed E-state index contributed by atoms with van der Waals surface area (Å²) in [6, 6.07) is 11.9. The minimum absolute atomic E-state index is 0.0176. The quantitative estimate of drug-likeness (QED) is 0.905. The predicted octanol–water partition coefficient (Wildman–Crippen LogP) is 1.84. The Balaban J connectivity index is 1.81. The molecule has 1 atom stereocenters. The van der Waals surface area contributed by atoms with Crippen molar-refractivity contribution in [2.45, 2.75) is 31.3 Å². The van der Waals surface area contributed by atoms with Gasteiger partial charge in [0.15, 0.2) is 0 Å². The minimum Gasteiger partial charge on any atom is -0.347 e. The fourth-order valence-corrected chi connectivity index (χ4v) is 3.08. The molecule has 0 radical (unpaired) electrons. The van der Waals surface area contributed by atoms with Crippen LogP contribution < -0.4 is 10.6 Å². The van der Waals surface area contributed by atoms with Crippen molar-refractivity contribution in [1.29, 1.82) is 0 Å². The third kappa shape index (κ3) is 2.76. The molecule has 116 valence electrons. The molecule has 22 heavy (non-hydrogen) atoms. The molecule has 1 unspecified atom stereocenters. The first kappa shape index (κ1) is 14.8. The van der Waals surface area contributed by atoms with Crippen LogP contribution in [0.2, 0.25) is 0 Å². The number of carbonyl (C=O) groups excluding carboxylic acids is 1. The molecule has 1 aromatic heterocycles. The number of nitrogens with one attached hydrogen (secondary N) is 2. The van der Waals surface area contributed by atoms with Crippen LogP contribution in [0, 0.1) is 0 Å². The Hall–Kier alpha value is -2.14. The van der Waals surface area contributed by atoms with Gasteiger partial charge in [-0.1, -0.05) is 30.3 Å². The Morgan fingerprint density at radius 1 is 1.27 bits per heavy atom. The van der Waals surface area contributed by atoms with E-state index in [0.29, 0.717) is 0 Å². The van der Waals surface area contributed by atoms with E-state index < -0.39 is 5.54 Å². The summed E-state index contributed by atoms with van der Waals surface area (Å²) in [4.78, 5) is 13.0. The topological polar surface area (TPSA) is 59.0 Å². The van der Waals surface area contributed by atoms with E-state index >= 15 is 0 Å². The van der Waals surface area contributed by atoms with Crippen molar-refractivity contribution in [3.63, 3.8) is 0 Å². The average molecular weight is 298 g/mol. The van der Waals surface area contributed by atoms with Crippen molar-refractivity contribution in [3.05, 3.63) is 54.4 Å². The van der Waals surface area contributed by atoms with Crippen LogP contribution in [0.15, 0.2) is 48.8 Å². The first-order valence-electron chi connectivity index (χ1n) is 7.79. The molecule has 2 heterocycles. The van der Waals surface area contributed by atoms with Gasteiger partial charge in [-0.25, -0.2) is 0 Å². The van der Waals surface area contributed by atoms with E-state index in [-0.39, 0.29) is 11.9 Å². The number of aromatic nitrogens is 2. The maximum atomic E-state index is 13.0. The van der Waals surface area contributed by atoms with Gasteiger partial charge in [0, 0.05) is 12.4 Å². The van der Waals surface area contributed by atoms with Crippen LogP contribution in [-0.4, -0.2) is 28.8 Å². The fraction of sp³-hybridized carbons (Fsp3) is 0.412. The van der Waals surface area contributed by atoms with Crippen molar-refractivity contribution in [3.8, 4) is 0 Å². The third-order valence-corrected chi connectivity index (χ3v) is 4.44. The Kier molecular flexibility index (Phi) is 4.24. The summed E-state index contributed by atoms with van der Waals surface area (Å²) < 4.78 is 1.82. The van der Waals surface area contributed by atoms with Crippen molar-refractivity contribution in [2.24, 2.45) is 0 Å². The predicted molar refractivity (Wildman–Crippen MR) is 85.3 cm³/mol. The number of amides is 1. The summed E-state index contributed by atoms with van der Waals surface area (Å²) in [5.74, 6) is 0.0500. The van der Waals surface area contributed by atoms with Gasteiger partial charge in [0.25, 0.3) is 0 Å². The SMILES string of the molecule is CC(NC(=O)C1(n2cccn2)CCNCC1)c1ccccc1. The molecule has 1 amide bonds. The molecule has 5 heteroatoms. The van der Waals surface area contributed by atoms with E-state index in [1.54, 1.807) is 6.20 Å². The van der Waals surface area contributed by atoms with Crippen LogP contribution in [0.4, 0.5) is 0 Å². The number of piperidine rings is 1. The van der Waals surface area contributed by atoms with Crippen molar-refractivity contribution in [2.75, 3.05) is 13.1 Å². The number of rotatable bonds is 4. The van der Waals surface area contributed by atoms with Crippen LogP contribution in [0.3, 0.4) is 0 Å². The normalized spacial score (nSPS) is 18.6. The molecular formula is C17H22N4O. The van der Waals surface area contributed by atoms with Crippen LogP contribution in [0.1, 0.15) is 31.4 Å². The first-order valence-corrected chi connectivity index (χ1v) is 7.79. The maximum Gasteiger partial charge on any atom is 0.248 e. The molecule has 1 fully saturated rings. The molecule has 0 saturated carbocycles. The second kappa shape index (κ2) is 6.32. The molecule has 1 aliphatic heterocycles. The summed E-state index contributed by atoms with van der Waals surface area (Å²) in [5, 5.41) is 10.8. The Morgan fingerprint density at radius 3 is 2.64 bits per heavy atom. The van der Waals surface area contributed by atoms with Crippen molar-refractivity contribution >= 4 is 5.91 Å². The second-order valence-electron chi connectivity index (χ2n) is 5.84. The zero-order chi connectivity index (χ0) is 15.4. The van der Waals surface area contributed by atoms with Gasteiger partial charge in [-0.05, 0) is 44.5 Å². The van der Waals surface area contributed by atoms with Crippen LogP contribution in [0.25, 0.3) is 0 Å². The lowest BCUT2D eigenvalue weighted by Crippen LogP contribution is -2.54. The van der Waals surface area contributed by atoms with Gasteiger partial charge in [-0.15, -0.1) is 0 Å². The Morgan fingerprint density at radius 2 is 2.00 bits per heavy atom. The standard InChI is InChI=1S/C17H22N4O/c1-14(15-6-3-2-4-7-15)20-16(22)17(8-11-18-12-9-17)21-13-5-10-19-21/h2-7,10,13-14,18H,8-9,11-12H2,1H3,(H,20,22). The lowest BCUT2D eigenvalue weighted by molar-refractivity contribution is -0.132. The van der Waals surface area contributed by atoms with Crippen LogP contribution in [0.5, 0.6) is 0 Å². The van der Waals surface area contributed by atoms with E-state index in [4.69, 9.17) is 0 Å². The molecule has 5 nitrogen and oxygen atoms in total. The largest absolute Gasteiger partial charge is 0.347 e. The zero-order valence-electron chi connectivity index (χ0n) is 12.8. The summed E-state index contributed by atoms with van der Waals surface area (Å²) in [6.07, 6.45) is 5.12. The van der Waals surface area contributed by atoms with Gasteiger partial charge in [0.05, 0.1) is 6.04 Å². The first-order chi connectivity index (χ1) is 10.7. The smallest absolute Gasteiger partial charge is 0.248 e. The van der Waals surface area contributed by atoms with Crippen LogP contribution >= 0.6 is 0 Å². The number of benzene rings is 1. The summed E-state index contributed by atoms with van der Waals surface area (Å²) >= 11 is 0. The molecular weight excluding hydrogens is 276 g/mol. The van der Waals surface area contributed by atoms with Gasteiger partial charge >= 0.3 is 0 Å². The number of hydrogen-bond acceptors (Lipinski definition) is 3. The van der Waals surface area contributed by atoms with E-state index in [2.05, 4.69) is 15.7 Å². The van der Waals surface area contributed by atoms with E-state index in [1.807, 2.05) is 54.2 Å². The molecule has 3 rings (SSSR count). The lowest BCUT2D eigenvalue weighted by Gasteiger charge is -2.37. The highest BCUT2D eigenvalue weighted by molar-refractivity contribution is 5.85. The zero-order valence-corrected chi connectivity index (χ0v) is 12.8. The van der Waals surface area contributed by atoms with Crippen LogP contribution in [-0.2, 0) is 10.3 Å². The van der Waals surface area contributed by atoms with Gasteiger partial charge in [0.1, 0.15) is 5.54 Å². The molecule has 2 aromatic rings. The minimum atomic E-state index is -0.586. The van der Waals surface area contributed by atoms with E-state index in [1.165, 1.54) is 0 Å². The molecule has 0 bridgehead atoms. The van der Waals surface area contributed by atoms with Crippen molar-refractivity contribution < 1.29 is 4.79 Å². The molecule has 1 aliphatic rings. The molecule has 0 spiro atoms. The highest BCUT2D eigenvalue weighted by atomic mass is 16.2. The van der Waals surface area contributed by atoms with Crippen molar-refractivity contribution in [1.82, 2.24) is 20.4 Å². The molecule has 2 N–H and O–H groups in total.